The maximum absolute atomic E-state index is 13.0. The number of nitrogens with one attached hydrogen (secondary N) is 1. The lowest BCUT2D eigenvalue weighted by Gasteiger charge is -2.19. The van der Waals surface area contributed by atoms with Crippen molar-refractivity contribution in [3.8, 4) is 6.07 Å². The molecule has 0 saturated carbocycles. The summed E-state index contributed by atoms with van der Waals surface area (Å²) in [6.07, 6.45) is 0. The highest BCUT2D eigenvalue weighted by Gasteiger charge is 2.21. The van der Waals surface area contributed by atoms with E-state index >= 15 is 0 Å². The highest BCUT2D eigenvalue weighted by Crippen LogP contribution is 2.23. The monoisotopic (exact) mass is 409 g/mol. The average Bonchev–Trinajstić information content (AvgIpc) is 2.74. The van der Waals surface area contributed by atoms with Crippen LogP contribution in [-0.2, 0) is 10.0 Å². The molecular weight excluding hydrogens is 393 g/mol. The second-order valence-corrected chi connectivity index (χ2v) is 8.09. The number of nitrogens with zero attached hydrogens (tertiary/aromatic N) is 2. The van der Waals surface area contributed by atoms with E-state index in [1.807, 2.05) is 6.07 Å². The number of carbonyl (C=O) groups is 1. The summed E-state index contributed by atoms with van der Waals surface area (Å²) in [5.74, 6) is -0.877. The third-order valence-electron chi connectivity index (χ3n) is 4.24. The van der Waals surface area contributed by atoms with E-state index in [-0.39, 0.29) is 10.5 Å². The number of amides is 1. The highest BCUT2D eigenvalue weighted by atomic mass is 32.2. The van der Waals surface area contributed by atoms with Gasteiger partial charge in [-0.05, 0) is 72.8 Å². The normalized spacial score (nSPS) is 10.8. The van der Waals surface area contributed by atoms with Crippen LogP contribution >= 0.6 is 0 Å². The number of benzene rings is 3. The Kier molecular flexibility index (Phi) is 5.61. The first kappa shape index (κ1) is 20.0. The van der Waals surface area contributed by atoms with Gasteiger partial charge in [-0.25, -0.2) is 12.8 Å². The molecule has 6 nitrogen and oxygen atoms in total. The third-order valence-corrected chi connectivity index (χ3v) is 6.04. The molecular formula is C21H16FN3O3S. The molecule has 1 amide bonds. The zero-order valence-electron chi connectivity index (χ0n) is 15.3. The molecule has 0 aliphatic rings. The second-order valence-electron chi connectivity index (χ2n) is 6.12. The first-order chi connectivity index (χ1) is 13.8. The lowest BCUT2D eigenvalue weighted by molar-refractivity contribution is 0.102. The number of nitriles is 1. The van der Waals surface area contributed by atoms with Crippen molar-refractivity contribution < 1.29 is 17.6 Å². The molecule has 0 bridgehead atoms. The lowest BCUT2D eigenvalue weighted by atomic mass is 10.2. The average molecular weight is 409 g/mol. The van der Waals surface area contributed by atoms with Gasteiger partial charge in [0, 0.05) is 18.3 Å². The van der Waals surface area contributed by atoms with Gasteiger partial charge in [0.05, 0.1) is 22.2 Å². The fraction of sp³-hybridized carbons (Fsp3) is 0.0476. The van der Waals surface area contributed by atoms with Crippen LogP contribution < -0.4 is 9.62 Å². The predicted molar refractivity (Wildman–Crippen MR) is 108 cm³/mol. The Balaban J connectivity index is 1.76. The van der Waals surface area contributed by atoms with Gasteiger partial charge < -0.3 is 5.32 Å². The number of rotatable bonds is 5. The van der Waals surface area contributed by atoms with Gasteiger partial charge in [0.2, 0.25) is 0 Å². The summed E-state index contributed by atoms with van der Waals surface area (Å²) in [4.78, 5) is 12.2. The zero-order chi connectivity index (χ0) is 21.0. The highest BCUT2D eigenvalue weighted by molar-refractivity contribution is 7.92. The van der Waals surface area contributed by atoms with E-state index in [2.05, 4.69) is 5.32 Å². The number of carbonyl (C=O) groups excluding carboxylic acids is 1. The van der Waals surface area contributed by atoms with Gasteiger partial charge in [-0.3, -0.25) is 9.10 Å². The van der Waals surface area contributed by atoms with Crippen LogP contribution in [0.15, 0.2) is 77.7 Å². The summed E-state index contributed by atoms with van der Waals surface area (Å²) in [5.41, 5.74) is 1.53. The molecule has 0 aromatic heterocycles. The van der Waals surface area contributed by atoms with Crippen molar-refractivity contribution >= 4 is 27.3 Å². The molecule has 29 heavy (non-hydrogen) atoms. The van der Waals surface area contributed by atoms with Gasteiger partial charge >= 0.3 is 0 Å². The van der Waals surface area contributed by atoms with E-state index in [1.54, 1.807) is 12.1 Å². The summed E-state index contributed by atoms with van der Waals surface area (Å²) in [5, 5.41) is 11.5. The summed E-state index contributed by atoms with van der Waals surface area (Å²) >= 11 is 0. The topological polar surface area (TPSA) is 90.3 Å². The number of hydrogen-bond acceptors (Lipinski definition) is 4. The molecule has 0 radical (unpaired) electrons. The molecule has 3 aromatic carbocycles. The Morgan fingerprint density at radius 3 is 2.10 bits per heavy atom. The molecule has 0 unspecified atom stereocenters. The van der Waals surface area contributed by atoms with Crippen molar-refractivity contribution in [2.45, 2.75) is 4.90 Å². The molecule has 3 rings (SSSR count). The van der Waals surface area contributed by atoms with Crippen LogP contribution in [-0.4, -0.2) is 21.4 Å². The standard InChI is InChI=1S/C21H16FN3O3S/c1-25(19-10-2-15(14-23)3-11-19)29(27,28)20-12-8-18(9-13-20)24-21(26)16-4-6-17(22)7-5-16/h2-13H,1H3,(H,24,26). The minimum absolute atomic E-state index is 0.0455. The molecule has 0 atom stereocenters. The maximum Gasteiger partial charge on any atom is 0.264 e. The van der Waals surface area contributed by atoms with Crippen LogP contribution in [0, 0.1) is 17.1 Å². The molecule has 8 heteroatoms. The molecule has 146 valence electrons. The van der Waals surface area contributed by atoms with E-state index in [9.17, 15) is 17.6 Å². The van der Waals surface area contributed by atoms with Crippen molar-refractivity contribution in [1.82, 2.24) is 0 Å². The quantitative estimate of drug-likeness (QED) is 0.694. The van der Waals surface area contributed by atoms with Crippen molar-refractivity contribution in [3.63, 3.8) is 0 Å². The summed E-state index contributed by atoms with van der Waals surface area (Å²) in [7, 11) is -2.40. The molecule has 0 aliphatic heterocycles. The molecule has 0 aliphatic carbocycles. The molecule has 0 spiro atoms. The van der Waals surface area contributed by atoms with E-state index < -0.39 is 21.7 Å². The maximum atomic E-state index is 13.0. The third kappa shape index (κ3) is 4.42. The van der Waals surface area contributed by atoms with Crippen molar-refractivity contribution in [2.24, 2.45) is 0 Å². The number of halogens is 1. The van der Waals surface area contributed by atoms with Crippen LogP contribution in [0.5, 0.6) is 0 Å². The molecule has 3 aromatic rings. The Morgan fingerprint density at radius 1 is 0.966 bits per heavy atom. The predicted octanol–water partition coefficient (Wildman–Crippen LogP) is 3.77. The van der Waals surface area contributed by atoms with Gasteiger partial charge in [-0.15, -0.1) is 0 Å². The summed E-state index contributed by atoms with van der Waals surface area (Å²) in [6, 6.07) is 18.9. The van der Waals surface area contributed by atoms with Crippen molar-refractivity contribution in [3.05, 3.63) is 89.7 Å². The van der Waals surface area contributed by atoms with Gasteiger partial charge in [-0.2, -0.15) is 5.26 Å². The first-order valence-corrected chi connectivity index (χ1v) is 9.91. The molecule has 0 heterocycles. The van der Waals surface area contributed by atoms with Crippen LogP contribution in [0.4, 0.5) is 15.8 Å². The zero-order valence-corrected chi connectivity index (χ0v) is 16.2. The van der Waals surface area contributed by atoms with Crippen LogP contribution in [0.25, 0.3) is 0 Å². The minimum atomic E-state index is -3.82. The SMILES string of the molecule is CN(c1ccc(C#N)cc1)S(=O)(=O)c1ccc(NC(=O)c2ccc(F)cc2)cc1. The Bertz CT molecular complexity index is 1170. The van der Waals surface area contributed by atoms with E-state index in [0.29, 0.717) is 16.9 Å². The van der Waals surface area contributed by atoms with Crippen LogP contribution in [0.2, 0.25) is 0 Å². The van der Waals surface area contributed by atoms with Gasteiger partial charge in [-0.1, -0.05) is 0 Å². The fourth-order valence-electron chi connectivity index (χ4n) is 2.56. The van der Waals surface area contributed by atoms with Crippen LogP contribution in [0.3, 0.4) is 0 Å². The van der Waals surface area contributed by atoms with E-state index in [1.165, 1.54) is 67.7 Å². The number of anilines is 2. The van der Waals surface area contributed by atoms with Crippen molar-refractivity contribution in [1.29, 1.82) is 5.26 Å². The number of sulfonamides is 1. The lowest BCUT2D eigenvalue weighted by Crippen LogP contribution is -2.26. The largest absolute Gasteiger partial charge is 0.322 e. The van der Waals surface area contributed by atoms with E-state index in [0.717, 1.165) is 4.31 Å². The molecule has 0 saturated heterocycles. The van der Waals surface area contributed by atoms with Gasteiger partial charge in [0.25, 0.3) is 15.9 Å². The van der Waals surface area contributed by atoms with Gasteiger partial charge in [0.15, 0.2) is 0 Å². The Labute approximate surface area is 167 Å². The molecule has 0 fully saturated rings. The van der Waals surface area contributed by atoms with Crippen LogP contribution in [0.1, 0.15) is 15.9 Å². The second kappa shape index (κ2) is 8.12. The molecule has 1 N–H and O–H groups in total. The Hall–Kier alpha value is -3.70. The Morgan fingerprint density at radius 2 is 1.55 bits per heavy atom. The van der Waals surface area contributed by atoms with Gasteiger partial charge in [0.1, 0.15) is 5.82 Å². The summed E-state index contributed by atoms with van der Waals surface area (Å²) in [6.45, 7) is 0. The smallest absolute Gasteiger partial charge is 0.264 e. The first-order valence-electron chi connectivity index (χ1n) is 8.47. The summed E-state index contributed by atoms with van der Waals surface area (Å²) < 4.78 is 39.7. The number of hydrogen-bond donors (Lipinski definition) is 1. The van der Waals surface area contributed by atoms with E-state index in [4.69, 9.17) is 5.26 Å². The fourth-order valence-corrected chi connectivity index (χ4v) is 3.75. The van der Waals surface area contributed by atoms with Crippen molar-refractivity contribution in [2.75, 3.05) is 16.7 Å². The minimum Gasteiger partial charge on any atom is -0.322 e.